The predicted octanol–water partition coefficient (Wildman–Crippen LogP) is 0.900. The number of ether oxygens (including phenoxy) is 1. The molecule has 15 heavy (non-hydrogen) atoms. The summed E-state index contributed by atoms with van der Waals surface area (Å²) < 4.78 is 5.36. The van der Waals surface area contributed by atoms with Gasteiger partial charge in [-0.3, -0.25) is 0 Å². The van der Waals surface area contributed by atoms with E-state index in [1.54, 1.807) is 7.11 Å². The minimum absolute atomic E-state index is 0.0235. The van der Waals surface area contributed by atoms with Crippen molar-refractivity contribution in [1.29, 1.82) is 0 Å². The molecular formula is C12H21NO2. The topological polar surface area (TPSA) is 55.5 Å². The summed E-state index contributed by atoms with van der Waals surface area (Å²) in [6.07, 6.45) is 5.50. The molecule has 0 aromatic heterocycles. The Morgan fingerprint density at radius 3 is 2.67 bits per heavy atom. The van der Waals surface area contributed by atoms with Crippen molar-refractivity contribution in [3.8, 4) is 0 Å². The summed E-state index contributed by atoms with van der Waals surface area (Å²) in [7, 11) is 1.70. The van der Waals surface area contributed by atoms with Gasteiger partial charge in [0.05, 0.1) is 12.2 Å². The Bertz CT molecular complexity index is 266. The first kappa shape index (κ1) is 10.1. The highest BCUT2D eigenvalue weighted by molar-refractivity contribution is 5.13. The molecule has 3 nitrogen and oxygen atoms in total. The molecule has 1 spiro atoms. The third-order valence-electron chi connectivity index (χ3n) is 5.36. The molecule has 0 radical (unpaired) electrons. The molecule has 0 aliphatic heterocycles. The van der Waals surface area contributed by atoms with Crippen molar-refractivity contribution in [2.45, 2.75) is 50.4 Å². The van der Waals surface area contributed by atoms with Crippen LogP contribution in [-0.2, 0) is 4.74 Å². The zero-order valence-electron chi connectivity index (χ0n) is 9.36. The SMILES string of the molecule is COC1C[C@]2(C[C@H]1O)[C@H]1CC[C@H](C1)[C@@H]2N. The minimum atomic E-state index is -0.291. The second-order valence-electron chi connectivity index (χ2n) is 5.78. The van der Waals surface area contributed by atoms with Crippen LogP contribution in [0.5, 0.6) is 0 Å². The smallest absolute Gasteiger partial charge is 0.0836 e. The molecule has 3 aliphatic carbocycles. The summed E-state index contributed by atoms with van der Waals surface area (Å²) >= 11 is 0. The summed E-state index contributed by atoms with van der Waals surface area (Å²) in [5.41, 5.74) is 6.58. The third-order valence-corrected chi connectivity index (χ3v) is 5.36. The molecule has 3 aliphatic rings. The average Bonchev–Trinajstić information content (AvgIpc) is 2.85. The number of hydrogen-bond acceptors (Lipinski definition) is 3. The van der Waals surface area contributed by atoms with Crippen molar-refractivity contribution in [2.75, 3.05) is 7.11 Å². The molecule has 3 fully saturated rings. The summed E-state index contributed by atoms with van der Waals surface area (Å²) in [5.74, 6) is 1.48. The molecule has 0 amide bonds. The Labute approximate surface area is 91.0 Å². The lowest BCUT2D eigenvalue weighted by molar-refractivity contribution is 0.00927. The quantitative estimate of drug-likeness (QED) is 0.677. The van der Waals surface area contributed by atoms with E-state index in [0.29, 0.717) is 6.04 Å². The van der Waals surface area contributed by atoms with Crippen LogP contribution in [0, 0.1) is 17.3 Å². The maximum atomic E-state index is 9.98. The second kappa shape index (κ2) is 3.19. The number of rotatable bonds is 1. The first-order chi connectivity index (χ1) is 7.17. The lowest BCUT2D eigenvalue weighted by Gasteiger charge is -2.39. The van der Waals surface area contributed by atoms with Gasteiger partial charge in [0.1, 0.15) is 0 Å². The van der Waals surface area contributed by atoms with Crippen LogP contribution in [0.4, 0.5) is 0 Å². The van der Waals surface area contributed by atoms with Gasteiger partial charge in [0, 0.05) is 13.2 Å². The van der Waals surface area contributed by atoms with Crippen molar-refractivity contribution >= 4 is 0 Å². The average molecular weight is 211 g/mol. The van der Waals surface area contributed by atoms with Gasteiger partial charge in [0.25, 0.3) is 0 Å². The molecule has 0 aromatic carbocycles. The fourth-order valence-electron chi connectivity index (χ4n) is 4.57. The van der Waals surface area contributed by atoms with Gasteiger partial charge in [-0.05, 0) is 49.4 Å². The van der Waals surface area contributed by atoms with Gasteiger partial charge in [0.15, 0.2) is 0 Å². The van der Waals surface area contributed by atoms with E-state index in [-0.39, 0.29) is 17.6 Å². The van der Waals surface area contributed by atoms with Gasteiger partial charge in [-0.1, -0.05) is 0 Å². The van der Waals surface area contributed by atoms with Crippen LogP contribution in [0.15, 0.2) is 0 Å². The number of methoxy groups -OCH3 is 1. The molecular weight excluding hydrogens is 190 g/mol. The van der Waals surface area contributed by atoms with Crippen LogP contribution >= 0.6 is 0 Å². The standard InChI is InChI=1S/C12H21NO2/c1-15-10-6-12(5-9(10)14)8-3-2-7(4-8)11(12)13/h7-11,14H,2-6,13H2,1H3/t7-,8+,9-,10?,11+,12-/m1/s1. The molecule has 1 unspecified atom stereocenters. The van der Waals surface area contributed by atoms with Gasteiger partial charge >= 0.3 is 0 Å². The molecule has 3 heteroatoms. The molecule has 3 saturated carbocycles. The van der Waals surface area contributed by atoms with E-state index >= 15 is 0 Å². The highest BCUT2D eigenvalue weighted by Crippen LogP contribution is 2.62. The Balaban J connectivity index is 1.86. The van der Waals surface area contributed by atoms with Crippen molar-refractivity contribution in [3.63, 3.8) is 0 Å². The summed E-state index contributed by atoms with van der Waals surface area (Å²) in [6.45, 7) is 0. The fraction of sp³-hybridized carbons (Fsp3) is 1.00. The van der Waals surface area contributed by atoms with Crippen LogP contribution in [-0.4, -0.2) is 30.5 Å². The van der Waals surface area contributed by atoms with Crippen LogP contribution in [0.1, 0.15) is 32.1 Å². The highest BCUT2D eigenvalue weighted by atomic mass is 16.5. The molecule has 0 saturated heterocycles. The summed E-state index contributed by atoms with van der Waals surface area (Å²) in [5, 5.41) is 9.98. The van der Waals surface area contributed by atoms with Crippen LogP contribution in [0.3, 0.4) is 0 Å². The van der Waals surface area contributed by atoms with Crippen molar-refractivity contribution in [3.05, 3.63) is 0 Å². The molecule has 0 aromatic rings. The summed E-state index contributed by atoms with van der Waals surface area (Å²) in [6, 6.07) is 0.311. The molecule has 0 heterocycles. The van der Waals surface area contributed by atoms with E-state index in [4.69, 9.17) is 10.5 Å². The van der Waals surface area contributed by atoms with E-state index in [1.165, 1.54) is 19.3 Å². The third kappa shape index (κ3) is 1.17. The van der Waals surface area contributed by atoms with Gasteiger partial charge in [-0.2, -0.15) is 0 Å². The second-order valence-corrected chi connectivity index (χ2v) is 5.78. The fourth-order valence-corrected chi connectivity index (χ4v) is 4.57. The number of hydrogen-bond donors (Lipinski definition) is 2. The van der Waals surface area contributed by atoms with E-state index in [1.807, 2.05) is 0 Å². The zero-order valence-corrected chi connectivity index (χ0v) is 9.36. The van der Waals surface area contributed by atoms with Crippen molar-refractivity contribution in [1.82, 2.24) is 0 Å². The predicted molar refractivity (Wildman–Crippen MR) is 57.3 cm³/mol. The molecule has 2 bridgehead atoms. The largest absolute Gasteiger partial charge is 0.390 e. The number of nitrogens with two attached hydrogens (primary N) is 1. The van der Waals surface area contributed by atoms with Gasteiger partial charge in [0.2, 0.25) is 0 Å². The minimum Gasteiger partial charge on any atom is -0.390 e. The van der Waals surface area contributed by atoms with E-state index in [2.05, 4.69) is 0 Å². The number of fused-ring (bicyclic) bond motifs is 3. The van der Waals surface area contributed by atoms with E-state index in [0.717, 1.165) is 24.7 Å². The first-order valence-corrected chi connectivity index (χ1v) is 6.14. The Morgan fingerprint density at radius 2 is 2.13 bits per heavy atom. The van der Waals surface area contributed by atoms with Crippen molar-refractivity contribution in [2.24, 2.45) is 23.0 Å². The lowest BCUT2D eigenvalue weighted by atomic mass is 9.69. The highest BCUT2D eigenvalue weighted by Gasteiger charge is 2.61. The maximum absolute atomic E-state index is 9.98. The Hall–Kier alpha value is -0.120. The maximum Gasteiger partial charge on any atom is 0.0836 e. The van der Waals surface area contributed by atoms with E-state index in [9.17, 15) is 5.11 Å². The summed E-state index contributed by atoms with van der Waals surface area (Å²) in [4.78, 5) is 0. The van der Waals surface area contributed by atoms with E-state index < -0.39 is 0 Å². The van der Waals surface area contributed by atoms with Gasteiger partial charge in [-0.25, -0.2) is 0 Å². The van der Waals surface area contributed by atoms with Crippen LogP contribution in [0.25, 0.3) is 0 Å². The lowest BCUT2D eigenvalue weighted by Crippen LogP contribution is -2.45. The number of aliphatic hydroxyl groups excluding tert-OH is 1. The Morgan fingerprint density at radius 1 is 1.33 bits per heavy atom. The molecule has 6 atom stereocenters. The Kier molecular flexibility index (Phi) is 2.14. The number of aliphatic hydroxyl groups is 1. The molecule has 3 rings (SSSR count). The van der Waals surface area contributed by atoms with Crippen LogP contribution in [0.2, 0.25) is 0 Å². The van der Waals surface area contributed by atoms with Crippen molar-refractivity contribution < 1.29 is 9.84 Å². The monoisotopic (exact) mass is 211 g/mol. The first-order valence-electron chi connectivity index (χ1n) is 6.14. The van der Waals surface area contributed by atoms with Crippen LogP contribution < -0.4 is 5.73 Å². The zero-order chi connectivity index (χ0) is 10.6. The molecule has 86 valence electrons. The normalized spacial score (nSPS) is 58.2. The molecule has 3 N–H and O–H groups in total. The van der Waals surface area contributed by atoms with Gasteiger partial charge < -0.3 is 15.6 Å². The van der Waals surface area contributed by atoms with Gasteiger partial charge in [-0.15, -0.1) is 0 Å².